The summed E-state index contributed by atoms with van der Waals surface area (Å²) in [5.74, 6) is -8.10. The van der Waals surface area contributed by atoms with Crippen molar-refractivity contribution in [2.45, 2.75) is 30.5 Å². The van der Waals surface area contributed by atoms with Gasteiger partial charge in [-0.1, -0.05) is 0 Å². The Hall–Kier alpha value is -9.59. The van der Waals surface area contributed by atoms with Crippen molar-refractivity contribution in [2.24, 2.45) is 0 Å². The van der Waals surface area contributed by atoms with E-state index >= 15 is 19.2 Å². The average molecular weight is 1150 g/mol. The first-order valence-electron chi connectivity index (χ1n) is 24.4. The standard InChI is InChI=1S/C56H58O26/c1-63-26-16-22(17-27(64-2)39(26)68-6)52(58)79-31-21-78-53(59)23-18-28(65-3)40(69-7)44(72-10)32(23)33-24(19-29(66-4)41(70-8)45(33)73-11)54(60)80-43(31)51-49-38(57)37-36(56(62)81-49)35(47(75-13)50(77-15)48(37)76-14)34-25(55(61)82-51)20-30(67-5)42(71-9)46(34)74-12/h16-20,31,38,43,49,51,57H,21H2,1-15H3/t31?,38-,43+,49-,51-/m0/s1. The van der Waals surface area contributed by atoms with Crippen LogP contribution in [0.1, 0.15) is 63.5 Å². The van der Waals surface area contributed by atoms with Crippen molar-refractivity contribution in [3.63, 3.8) is 0 Å². The minimum atomic E-state index is -2.33. The number of rotatable bonds is 18. The molecule has 0 saturated heterocycles. The van der Waals surface area contributed by atoms with Crippen LogP contribution in [0.5, 0.6) is 86.2 Å². The van der Waals surface area contributed by atoms with Crippen LogP contribution in [-0.4, -0.2) is 173 Å². The van der Waals surface area contributed by atoms with E-state index in [1.165, 1.54) is 137 Å². The summed E-state index contributed by atoms with van der Waals surface area (Å²) in [5, 5.41) is 13.0. The number of cyclic esters (lactones) is 2. The number of hydrogen-bond acceptors (Lipinski definition) is 26. The minimum absolute atomic E-state index is 0.00537. The van der Waals surface area contributed by atoms with E-state index in [9.17, 15) is 9.90 Å². The first-order chi connectivity index (χ1) is 39.5. The predicted octanol–water partition coefficient (Wildman–Crippen LogP) is 5.88. The first-order valence-corrected chi connectivity index (χ1v) is 24.4. The third kappa shape index (κ3) is 9.46. The molecule has 4 aliphatic heterocycles. The van der Waals surface area contributed by atoms with Gasteiger partial charge in [0.1, 0.15) is 12.7 Å². The summed E-state index contributed by atoms with van der Waals surface area (Å²) in [6.45, 7) is -1.08. The molecule has 26 nitrogen and oxygen atoms in total. The van der Waals surface area contributed by atoms with Gasteiger partial charge >= 0.3 is 29.8 Å². The molecule has 1 N–H and O–H groups in total. The SMILES string of the molecule is COc1cc(C(=O)OC2COC(=O)c3cc(OC)c(OC)c(OC)c3-c3c(cc(OC)c(OC)c3OC)C(=O)O[C@H]2[C@@H]2OC(=O)c3cc(OC)c(OC)c(OC)c3-c3c(OC)c(OC)c(OC)c4c3C(=O)O[C@H]2[C@H]4O)cc(OC)c1OC. The summed E-state index contributed by atoms with van der Waals surface area (Å²) in [6.07, 6.45) is -11.1. The molecule has 0 aromatic heterocycles. The van der Waals surface area contributed by atoms with Gasteiger partial charge in [-0.2, -0.15) is 0 Å². The molecule has 4 heterocycles. The number of ether oxygens (including phenoxy) is 20. The summed E-state index contributed by atoms with van der Waals surface area (Å²) < 4.78 is 118. The molecule has 438 valence electrons. The number of benzene rings is 5. The fraction of sp³-hybridized carbons (Fsp3) is 0.375. The van der Waals surface area contributed by atoms with E-state index in [1.54, 1.807) is 0 Å². The lowest BCUT2D eigenvalue weighted by molar-refractivity contribution is -0.154. The van der Waals surface area contributed by atoms with Crippen molar-refractivity contribution >= 4 is 29.8 Å². The van der Waals surface area contributed by atoms with Crippen molar-refractivity contribution in [3.05, 3.63) is 63.7 Å². The number of aliphatic hydroxyl groups excluding tert-OH is 1. The molecule has 82 heavy (non-hydrogen) atoms. The van der Waals surface area contributed by atoms with Crippen LogP contribution in [-0.2, 0) is 23.7 Å². The van der Waals surface area contributed by atoms with Crippen LogP contribution < -0.4 is 71.1 Å². The summed E-state index contributed by atoms with van der Waals surface area (Å²) in [5.41, 5.74) is -3.21. The van der Waals surface area contributed by atoms with E-state index in [4.69, 9.17) is 94.7 Å². The lowest BCUT2D eigenvalue weighted by Gasteiger charge is -2.41. The van der Waals surface area contributed by atoms with Gasteiger partial charge in [0.25, 0.3) is 0 Å². The summed E-state index contributed by atoms with van der Waals surface area (Å²) in [6, 6.07) is 6.08. The Morgan fingerprint density at radius 3 is 1.13 bits per heavy atom. The maximum Gasteiger partial charge on any atom is 0.339 e. The molecule has 0 aliphatic carbocycles. The Morgan fingerprint density at radius 1 is 0.378 bits per heavy atom. The van der Waals surface area contributed by atoms with E-state index < -0.39 is 83.7 Å². The molecule has 5 atom stereocenters. The van der Waals surface area contributed by atoms with Crippen molar-refractivity contribution < 1.29 is 124 Å². The zero-order valence-corrected chi connectivity index (χ0v) is 47.1. The van der Waals surface area contributed by atoms with Crippen LogP contribution in [0.4, 0.5) is 0 Å². The van der Waals surface area contributed by atoms with Gasteiger partial charge in [-0.05, 0) is 30.3 Å². The highest BCUT2D eigenvalue weighted by Gasteiger charge is 2.55. The van der Waals surface area contributed by atoms with Crippen molar-refractivity contribution in [2.75, 3.05) is 113 Å². The van der Waals surface area contributed by atoms with Crippen LogP contribution >= 0.6 is 0 Å². The topological polar surface area (TPSA) is 290 Å². The van der Waals surface area contributed by atoms with Gasteiger partial charge < -0.3 is 99.8 Å². The Morgan fingerprint density at radius 2 is 0.732 bits per heavy atom. The lowest BCUT2D eigenvalue weighted by atomic mass is 9.82. The zero-order chi connectivity index (χ0) is 59.6. The largest absolute Gasteiger partial charge is 0.493 e. The van der Waals surface area contributed by atoms with Gasteiger partial charge in [0.15, 0.2) is 81.9 Å². The smallest absolute Gasteiger partial charge is 0.339 e. The fourth-order valence-corrected chi connectivity index (χ4v) is 10.3. The molecule has 5 aromatic rings. The van der Waals surface area contributed by atoms with E-state index in [0.717, 1.165) is 0 Å². The second kappa shape index (κ2) is 24.0. The van der Waals surface area contributed by atoms with E-state index in [1.807, 2.05) is 0 Å². The monoisotopic (exact) mass is 1150 g/mol. The zero-order valence-electron chi connectivity index (χ0n) is 47.1. The number of methoxy groups -OCH3 is 15. The molecular formula is C56H58O26. The van der Waals surface area contributed by atoms with Gasteiger partial charge in [-0.25, -0.2) is 24.0 Å². The van der Waals surface area contributed by atoms with Crippen LogP contribution in [0.3, 0.4) is 0 Å². The van der Waals surface area contributed by atoms with E-state index in [2.05, 4.69) is 0 Å². The first kappa shape index (κ1) is 58.6. The molecular weight excluding hydrogens is 1090 g/mol. The highest BCUT2D eigenvalue weighted by atomic mass is 16.7. The third-order valence-electron chi connectivity index (χ3n) is 13.8. The Kier molecular flexibility index (Phi) is 17.2. The van der Waals surface area contributed by atoms with Crippen LogP contribution in [0.25, 0.3) is 22.3 Å². The predicted molar refractivity (Wildman–Crippen MR) is 281 cm³/mol. The summed E-state index contributed by atoms with van der Waals surface area (Å²) in [7, 11) is 19.1. The number of fused-ring (bicyclic) bond motifs is 6. The highest BCUT2D eigenvalue weighted by molar-refractivity contribution is 6.11. The molecule has 4 bridgehead atoms. The molecule has 26 heteroatoms. The number of hydrogen-bond donors (Lipinski definition) is 1. The van der Waals surface area contributed by atoms with E-state index in [-0.39, 0.29) is 125 Å². The second-order valence-corrected chi connectivity index (χ2v) is 17.5. The van der Waals surface area contributed by atoms with Crippen LogP contribution in [0.15, 0.2) is 30.3 Å². The number of esters is 5. The Labute approximate surface area is 468 Å². The summed E-state index contributed by atoms with van der Waals surface area (Å²) in [4.78, 5) is 76.8. The lowest BCUT2D eigenvalue weighted by Crippen LogP contribution is -2.56. The molecule has 9 rings (SSSR count). The average Bonchev–Trinajstić information content (AvgIpc) is 1.23. The quantitative estimate of drug-likeness (QED) is 0.0791. The molecule has 0 radical (unpaired) electrons. The number of carbonyl (C=O) groups excluding carboxylic acids is 5. The van der Waals surface area contributed by atoms with Crippen molar-refractivity contribution in [1.29, 1.82) is 0 Å². The molecule has 5 aromatic carbocycles. The summed E-state index contributed by atoms with van der Waals surface area (Å²) >= 11 is 0. The maximum atomic E-state index is 15.9. The number of carbonyl (C=O) groups is 5. The Balaban J connectivity index is 1.50. The molecule has 0 spiro atoms. The minimum Gasteiger partial charge on any atom is -0.493 e. The van der Waals surface area contributed by atoms with Crippen molar-refractivity contribution in [1.82, 2.24) is 0 Å². The third-order valence-corrected chi connectivity index (χ3v) is 13.8. The van der Waals surface area contributed by atoms with Gasteiger partial charge in [-0.15, -0.1) is 0 Å². The molecule has 0 saturated carbocycles. The molecule has 0 amide bonds. The van der Waals surface area contributed by atoms with Crippen molar-refractivity contribution in [3.8, 4) is 108 Å². The highest BCUT2D eigenvalue weighted by Crippen LogP contribution is 2.60. The molecule has 1 unspecified atom stereocenters. The fourth-order valence-electron chi connectivity index (χ4n) is 10.3. The van der Waals surface area contributed by atoms with Gasteiger partial charge in [0.2, 0.25) is 28.7 Å². The van der Waals surface area contributed by atoms with Crippen LogP contribution in [0, 0.1) is 0 Å². The van der Waals surface area contributed by atoms with Gasteiger partial charge in [-0.3, -0.25) is 0 Å². The van der Waals surface area contributed by atoms with Crippen LogP contribution in [0.2, 0.25) is 0 Å². The Bertz CT molecular complexity index is 3340. The normalized spacial score (nSPS) is 17.9. The number of aliphatic hydroxyl groups is 1. The molecule has 4 aliphatic rings. The van der Waals surface area contributed by atoms with Gasteiger partial charge in [0, 0.05) is 27.8 Å². The molecule has 0 fully saturated rings. The second-order valence-electron chi connectivity index (χ2n) is 17.5. The maximum absolute atomic E-state index is 15.9. The van der Waals surface area contributed by atoms with E-state index in [0.29, 0.717) is 0 Å². The van der Waals surface area contributed by atoms with Gasteiger partial charge in [0.05, 0.1) is 134 Å².